The van der Waals surface area contributed by atoms with Crippen LogP contribution in [0.5, 0.6) is 0 Å². The Morgan fingerprint density at radius 2 is 2.42 bits per heavy atom. The number of carboxylic acids is 1. The summed E-state index contributed by atoms with van der Waals surface area (Å²) in [6, 6.07) is 5.11. The van der Waals surface area contributed by atoms with Gasteiger partial charge in [-0.1, -0.05) is 0 Å². The van der Waals surface area contributed by atoms with Gasteiger partial charge in [-0.15, -0.1) is 0 Å². The molecule has 1 N–H and O–H groups in total. The SMILES string of the molecule is Cc1nc2cc(C(=O)O)ccc2n1CC1CCOC1. The van der Waals surface area contributed by atoms with Crippen LogP contribution in [-0.4, -0.2) is 33.8 Å². The largest absolute Gasteiger partial charge is 0.478 e. The highest BCUT2D eigenvalue weighted by molar-refractivity contribution is 5.92. The number of carboxylic acid groups (broad SMARTS) is 1. The van der Waals surface area contributed by atoms with Crippen LogP contribution in [0.3, 0.4) is 0 Å². The molecular weight excluding hydrogens is 244 g/mol. The highest BCUT2D eigenvalue weighted by atomic mass is 16.5. The number of fused-ring (bicyclic) bond motifs is 1. The third-order valence-corrected chi connectivity index (χ3v) is 3.65. The van der Waals surface area contributed by atoms with Crippen LogP contribution in [0.2, 0.25) is 0 Å². The Labute approximate surface area is 110 Å². The molecule has 2 aromatic rings. The molecule has 5 heteroatoms. The monoisotopic (exact) mass is 260 g/mol. The average molecular weight is 260 g/mol. The summed E-state index contributed by atoms with van der Waals surface area (Å²) in [7, 11) is 0. The van der Waals surface area contributed by atoms with Crippen molar-refractivity contribution in [3.63, 3.8) is 0 Å². The number of aromatic nitrogens is 2. The lowest BCUT2D eigenvalue weighted by atomic mass is 10.1. The van der Waals surface area contributed by atoms with Gasteiger partial charge < -0.3 is 14.4 Å². The van der Waals surface area contributed by atoms with Crippen LogP contribution < -0.4 is 0 Å². The molecule has 1 atom stereocenters. The van der Waals surface area contributed by atoms with E-state index >= 15 is 0 Å². The molecule has 100 valence electrons. The topological polar surface area (TPSA) is 64.3 Å². The molecule has 5 nitrogen and oxygen atoms in total. The number of ether oxygens (including phenoxy) is 1. The molecule has 19 heavy (non-hydrogen) atoms. The van der Waals surface area contributed by atoms with E-state index in [0.717, 1.165) is 43.0 Å². The van der Waals surface area contributed by atoms with Gasteiger partial charge in [-0.25, -0.2) is 9.78 Å². The molecule has 1 aromatic heterocycles. The number of imidazole rings is 1. The quantitative estimate of drug-likeness (QED) is 0.917. The van der Waals surface area contributed by atoms with Crippen molar-refractivity contribution < 1.29 is 14.6 Å². The molecule has 0 amide bonds. The maximum Gasteiger partial charge on any atom is 0.335 e. The molecule has 0 aliphatic carbocycles. The van der Waals surface area contributed by atoms with Crippen molar-refractivity contribution in [3.05, 3.63) is 29.6 Å². The molecule has 2 heterocycles. The first-order chi connectivity index (χ1) is 9.15. The number of rotatable bonds is 3. The summed E-state index contributed by atoms with van der Waals surface area (Å²) in [5.41, 5.74) is 2.02. The second kappa shape index (κ2) is 4.66. The zero-order chi connectivity index (χ0) is 13.4. The standard InChI is InChI=1S/C14H16N2O3/c1-9-15-12-6-11(14(17)18)2-3-13(12)16(9)7-10-4-5-19-8-10/h2-3,6,10H,4-5,7-8H2,1H3,(H,17,18). The molecule has 1 unspecified atom stereocenters. The molecule has 1 aromatic carbocycles. The van der Waals surface area contributed by atoms with E-state index < -0.39 is 5.97 Å². The summed E-state index contributed by atoms with van der Waals surface area (Å²) >= 11 is 0. The van der Waals surface area contributed by atoms with Crippen molar-refractivity contribution in [1.82, 2.24) is 9.55 Å². The maximum absolute atomic E-state index is 11.0. The minimum Gasteiger partial charge on any atom is -0.478 e. The van der Waals surface area contributed by atoms with Crippen molar-refractivity contribution in [3.8, 4) is 0 Å². The van der Waals surface area contributed by atoms with Gasteiger partial charge in [0.05, 0.1) is 23.2 Å². The van der Waals surface area contributed by atoms with Gasteiger partial charge in [-0.05, 0) is 31.5 Å². The molecule has 0 radical (unpaired) electrons. The molecule has 1 aliphatic rings. The van der Waals surface area contributed by atoms with Gasteiger partial charge in [0.1, 0.15) is 5.82 Å². The Kier molecular flexibility index (Phi) is 2.98. The van der Waals surface area contributed by atoms with Gasteiger partial charge in [0.2, 0.25) is 0 Å². The fourth-order valence-corrected chi connectivity index (χ4v) is 2.60. The smallest absolute Gasteiger partial charge is 0.335 e. The number of carbonyl (C=O) groups is 1. The second-order valence-corrected chi connectivity index (χ2v) is 5.01. The predicted molar refractivity (Wildman–Crippen MR) is 70.4 cm³/mol. The van der Waals surface area contributed by atoms with E-state index in [9.17, 15) is 4.79 Å². The zero-order valence-electron chi connectivity index (χ0n) is 10.8. The first kappa shape index (κ1) is 12.2. The van der Waals surface area contributed by atoms with Crippen LogP contribution in [-0.2, 0) is 11.3 Å². The Morgan fingerprint density at radius 3 is 3.11 bits per heavy atom. The fourth-order valence-electron chi connectivity index (χ4n) is 2.60. The Bertz CT molecular complexity index is 627. The van der Waals surface area contributed by atoms with Crippen molar-refractivity contribution >= 4 is 17.0 Å². The fraction of sp³-hybridized carbons (Fsp3) is 0.429. The molecule has 1 aliphatic heterocycles. The van der Waals surface area contributed by atoms with Gasteiger partial charge in [0.15, 0.2) is 0 Å². The number of aryl methyl sites for hydroxylation is 1. The summed E-state index contributed by atoms with van der Waals surface area (Å²) in [6.07, 6.45) is 1.08. The summed E-state index contributed by atoms with van der Waals surface area (Å²) < 4.78 is 7.55. The van der Waals surface area contributed by atoms with Crippen molar-refractivity contribution in [2.24, 2.45) is 5.92 Å². The molecule has 0 saturated carbocycles. The summed E-state index contributed by atoms with van der Waals surface area (Å²) in [5, 5.41) is 9.00. The Hall–Kier alpha value is -1.88. The second-order valence-electron chi connectivity index (χ2n) is 5.01. The zero-order valence-corrected chi connectivity index (χ0v) is 10.8. The molecule has 1 saturated heterocycles. The maximum atomic E-state index is 11.0. The van der Waals surface area contributed by atoms with E-state index in [2.05, 4.69) is 9.55 Å². The lowest BCUT2D eigenvalue weighted by molar-refractivity contribution is 0.0697. The highest BCUT2D eigenvalue weighted by Crippen LogP contribution is 2.22. The average Bonchev–Trinajstić information content (AvgIpc) is 2.98. The van der Waals surface area contributed by atoms with Crippen LogP contribution in [0.15, 0.2) is 18.2 Å². The number of hydrogen-bond donors (Lipinski definition) is 1. The van der Waals surface area contributed by atoms with E-state index in [1.54, 1.807) is 12.1 Å². The number of aromatic carboxylic acids is 1. The highest BCUT2D eigenvalue weighted by Gasteiger charge is 2.19. The third kappa shape index (κ3) is 2.21. The number of nitrogens with zero attached hydrogens (tertiary/aromatic N) is 2. The van der Waals surface area contributed by atoms with E-state index in [4.69, 9.17) is 9.84 Å². The molecule has 3 rings (SSSR count). The van der Waals surface area contributed by atoms with Gasteiger partial charge in [-0.3, -0.25) is 0 Å². The Morgan fingerprint density at radius 1 is 1.58 bits per heavy atom. The van der Waals surface area contributed by atoms with Gasteiger partial charge >= 0.3 is 5.97 Å². The summed E-state index contributed by atoms with van der Waals surface area (Å²) in [4.78, 5) is 15.4. The number of benzene rings is 1. The van der Waals surface area contributed by atoms with Crippen molar-refractivity contribution in [2.45, 2.75) is 19.9 Å². The van der Waals surface area contributed by atoms with Crippen molar-refractivity contribution in [1.29, 1.82) is 0 Å². The van der Waals surface area contributed by atoms with Crippen molar-refractivity contribution in [2.75, 3.05) is 13.2 Å². The Balaban J connectivity index is 1.99. The lowest BCUT2D eigenvalue weighted by Gasteiger charge is -2.11. The third-order valence-electron chi connectivity index (χ3n) is 3.65. The van der Waals surface area contributed by atoms with E-state index in [0.29, 0.717) is 5.92 Å². The van der Waals surface area contributed by atoms with E-state index in [1.807, 2.05) is 13.0 Å². The van der Waals surface area contributed by atoms with Crippen LogP contribution in [0.4, 0.5) is 0 Å². The van der Waals surface area contributed by atoms with E-state index in [1.165, 1.54) is 0 Å². The minimum atomic E-state index is -0.918. The molecule has 0 bridgehead atoms. The van der Waals surface area contributed by atoms with Crippen LogP contribution in [0.25, 0.3) is 11.0 Å². The minimum absolute atomic E-state index is 0.279. The van der Waals surface area contributed by atoms with Crippen LogP contribution >= 0.6 is 0 Å². The summed E-state index contributed by atoms with van der Waals surface area (Å²) in [6.45, 7) is 4.47. The first-order valence-electron chi connectivity index (χ1n) is 6.43. The van der Waals surface area contributed by atoms with E-state index in [-0.39, 0.29) is 5.56 Å². The normalized spacial score (nSPS) is 19.1. The van der Waals surface area contributed by atoms with Gasteiger partial charge in [-0.2, -0.15) is 0 Å². The molecular formula is C14H16N2O3. The van der Waals surface area contributed by atoms with Crippen LogP contribution in [0, 0.1) is 12.8 Å². The van der Waals surface area contributed by atoms with Gasteiger partial charge in [0, 0.05) is 19.1 Å². The van der Waals surface area contributed by atoms with Gasteiger partial charge in [0.25, 0.3) is 0 Å². The number of hydrogen-bond acceptors (Lipinski definition) is 3. The molecule has 1 fully saturated rings. The lowest BCUT2D eigenvalue weighted by Crippen LogP contribution is -2.11. The first-order valence-corrected chi connectivity index (χ1v) is 6.43. The summed E-state index contributed by atoms with van der Waals surface area (Å²) in [5.74, 6) is 0.526. The van der Waals surface area contributed by atoms with Crippen LogP contribution in [0.1, 0.15) is 22.6 Å². The molecule has 0 spiro atoms. The predicted octanol–water partition coefficient (Wildman–Crippen LogP) is 2.08.